The van der Waals surface area contributed by atoms with E-state index in [-0.39, 0.29) is 17.5 Å². The largest absolute Gasteiger partial charge is 0.325 e. The molecule has 0 saturated heterocycles. The van der Waals surface area contributed by atoms with Gasteiger partial charge in [0, 0.05) is 11.1 Å². The molecule has 0 atom stereocenters. The fourth-order valence-corrected chi connectivity index (χ4v) is 3.33. The summed E-state index contributed by atoms with van der Waals surface area (Å²) in [5.74, 6) is 0.237. The second kappa shape index (κ2) is 6.72. The maximum Gasteiger partial charge on any atom is 0.234 e. The van der Waals surface area contributed by atoms with Crippen LogP contribution in [0.5, 0.6) is 0 Å². The number of nitrogens with zero attached hydrogens (tertiary/aromatic N) is 4. The van der Waals surface area contributed by atoms with Gasteiger partial charge in [-0.2, -0.15) is 4.52 Å². The maximum atomic E-state index is 12.9. The number of para-hydroxylation sites is 1. The van der Waals surface area contributed by atoms with E-state index in [0.29, 0.717) is 16.7 Å². The fourth-order valence-electron chi connectivity index (χ4n) is 2.59. The number of rotatable bonds is 4. The number of halogens is 1. The second-order valence-electron chi connectivity index (χ2n) is 5.65. The minimum absolute atomic E-state index is 0.150. The zero-order valence-electron chi connectivity index (χ0n) is 13.8. The van der Waals surface area contributed by atoms with Gasteiger partial charge in [-0.15, -0.1) is 5.10 Å². The molecule has 6 nitrogen and oxygen atoms in total. The summed E-state index contributed by atoms with van der Waals surface area (Å²) in [6, 6.07) is 13.3. The van der Waals surface area contributed by atoms with Crippen LogP contribution in [-0.2, 0) is 4.79 Å². The Bertz CT molecular complexity index is 1110. The summed E-state index contributed by atoms with van der Waals surface area (Å²) in [4.78, 5) is 21.2. The van der Waals surface area contributed by atoms with E-state index in [4.69, 9.17) is 0 Å². The number of anilines is 1. The average Bonchev–Trinajstić information content (AvgIpc) is 3.03. The first-order valence-electron chi connectivity index (χ1n) is 7.90. The first-order valence-corrected chi connectivity index (χ1v) is 8.89. The molecule has 0 radical (unpaired) electrons. The highest BCUT2D eigenvalue weighted by Crippen LogP contribution is 2.24. The van der Waals surface area contributed by atoms with Gasteiger partial charge in [-0.3, -0.25) is 4.79 Å². The zero-order chi connectivity index (χ0) is 18.1. The number of nitrogens with one attached hydrogen (secondary N) is 1. The fraction of sp³-hybridized carbons (Fsp3) is 0.111. The van der Waals surface area contributed by atoms with Crippen LogP contribution in [0.1, 0.15) is 5.82 Å². The summed E-state index contributed by atoms with van der Waals surface area (Å²) >= 11 is 1.27. The SMILES string of the molecule is Cc1nc2c3ccccc3nc(SCC(=O)Nc3ccc(F)cc3)n2n1. The Balaban J connectivity index is 1.58. The summed E-state index contributed by atoms with van der Waals surface area (Å²) in [5.41, 5.74) is 2.06. The molecule has 0 aliphatic carbocycles. The molecule has 2 aromatic heterocycles. The van der Waals surface area contributed by atoms with Gasteiger partial charge < -0.3 is 5.32 Å². The van der Waals surface area contributed by atoms with Crippen molar-refractivity contribution in [1.29, 1.82) is 0 Å². The van der Waals surface area contributed by atoms with Gasteiger partial charge in [0.15, 0.2) is 10.8 Å². The van der Waals surface area contributed by atoms with Crippen molar-refractivity contribution in [1.82, 2.24) is 19.6 Å². The minimum atomic E-state index is -0.346. The van der Waals surface area contributed by atoms with Crippen molar-refractivity contribution in [2.75, 3.05) is 11.1 Å². The van der Waals surface area contributed by atoms with Gasteiger partial charge in [0.05, 0.1) is 11.3 Å². The van der Waals surface area contributed by atoms with Gasteiger partial charge in [0.1, 0.15) is 11.6 Å². The van der Waals surface area contributed by atoms with Gasteiger partial charge in [0.25, 0.3) is 0 Å². The number of benzene rings is 2. The van der Waals surface area contributed by atoms with Gasteiger partial charge in [-0.05, 0) is 43.3 Å². The van der Waals surface area contributed by atoms with E-state index in [0.717, 1.165) is 16.6 Å². The zero-order valence-corrected chi connectivity index (χ0v) is 14.6. The van der Waals surface area contributed by atoms with Crippen molar-refractivity contribution in [3.8, 4) is 0 Å². The number of aromatic nitrogens is 4. The normalized spacial score (nSPS) is 11.2. The number of amides is 1. The summed E-state index contributed by atoms with van der Waals surface area (Å²) in [7, 11) is 0. The Morgan fingerprint density at radius 2 is 1.92 bits per heavy atom. The molecule has 0 bridgehead atoms. The minimum Gasteiger partial charge on any atom is -0.325 e. The third kappa shape index (κ3) is 3.23. The highest BCUT2D eigenvalue weighted by molar-refractivity contribution is 7.99. The number of hydrogen-bond donors (Lipinski definition) is 1. The molecule has 130 valence electrons. The lowest BCUT2D eigenvalue weighted by molar-refractivity contribution is -0.113. The topological polar surface area (TPSA) is 72.2 Å². The van der Waals surface area contributed by atoms with E-state index in [1.807, 2.05) is 31.2 Å². The van der Waals surface area contributed by atoms with Crippen molar-refractivity contribution in [2.45, 2.75) is 12.1 Å². The molecule has 0 unspecified atom stereocenters. The molecule has 1 amide bonds. The van der Waals surface area contributed by atoms with Crippen molar-refractivity contribution < 1.29 is 9.18 Å². The average molecular weight is 367 g/mol. The molecule has 4 aromatic rings. The Morgan fingerprint density at radius 3 is 2.73 bits per heavy atom. The second-order valence-corrected chi connectivity index (χ2v) is 6.59. The lowest BCUT2D eigenvalue weighted by atomic mass is 10.2. The van der Waals surface area contributed by atoms with Crippen LogP contribution < -0.4 is 5.32 Å². The van der Waals surface area contributed by atoms with Crippen LogP contribution >= 0.6 is 11.8 Å². The van der Waals surface area contributed by atoms with E-state index in [9.17, 15) is 9.18 Å². The van der Waals surface area contributed by atoms with Crippen LogP contribution in [0.15, 0.2) is 53.7 Å². The summed E-state index contributed by atoms with van der Waals surface area (Å²) in [5, 5.41) is 8.62. The van der Waals surface area contributed by atoms with E-state index >= 15 is 0 Å². The smallest absolute Gasteiger partial charge is 0.234 e. The van der Waals surface area contributed by atoms with Crippen LogP contribution in [0.4, 0.5) is 10.1 Å². The van der Waals surface area contributed by atoms with E-state index in [2.05, 4.69) is 20.4 Å². The first-order chi connectivity index (χ1) is 12.6. The number of carbonyl (C=O) groups excluding carboxylic acids is 1. The number of thioether (sulfide) groups is 1. The molecular formula is C18H14FN5OS. The monoisotopic (exact) mass is 367 g/mol. The molecule has 0 saturated carbocycles. The number of carbonyl (C=O) groups is 1. The molecule has 0 aliphatic rings. The molecule has 1 N–H and O–H groups in total. The highest BCUT2D eigenvalue weighted by Gasteiger charge is 2.13. The third-order valence-electron chi connectivity index (χ3n) is 3.72. The van der Waals surface area contributed by atoms with E-state index in [1.165, 1.54) is 36.0 Å². The van der Waals surface area contributed by atoms with Crippen molar-refractivity contribution in [2.24, 2.45) is 0 Å². The molecule has 0 fully saturated rings. The molecule has 4 rings (SSSR count). The van der Waals surface area contributed by atoms with Crippen LogP contribution in [0.3, 0.4) is 0 Å². The van der Waals surface area contributed by atoms with Gasteiger partial charge >= 0.3 is 0 Å². The van der Waals surface area contributed by atoms with Crippen LogP contribution in [0, 0.1) is 12.7 Å². The predicted molar refractivity (Wildman–Crippen MR) is 98.8 cm³/mol. The van der Waals surface area contributed by atoms with Crippen molar-refractivity contribution in [3.63, 3.8) is 0 Å². The molecule has 0 aliphatic heterocycles. The number of fused-ring (bicyclic) bond motifs is 3. The lowest BCUT2D eigenvalue weighted by Crippen LogP contribution is -2.14. The Kier molecular flexibility index (Phi) is 4.26. The summed E-state index contributed by atoms with van der Waals surface area (Å²) in [6.45, 7) is 1.82. The van der Waals surface area contributed by atoms with Crippen molar-refractivity contribution >= 4 is 39.9 Å². The summed E-state index contributed by atoms with van der Waals surface area (Å²) in [6.07, 6.45) is 0. The molecule has 26 heavy (non-hydrogen) atoms. The van der Waals surface area contributed by atoms with Crippen LogP contribution in [-0.4, -0.2) is 31.2 Å². The molecule has 8 heteroatoms. The van der Waals surface area contributed by atoms with Gasteiger partial charge in [-0.25, -0.2) is 14.4 Å². The number of hydrogen-bond acceptors (Lipinski definition) is 5. The van der Waals surface area contributed by atoms with Crippen molar-refractivity contribution in [3.05, 3.63) is 60.2 Å². The summed E-state index contributed by atoms with van der Waals surface area (Å²) < 4.78 is 14.6. The predicted octanol–water partition coefficient (Wildman–Crippen LogP) is 3.46. The molecule has 2 heterocycles. The van der Waals surface area contributed by atoms with E-state index < -0.39 is 0 Å². The highest BCUT2D eigenvalue weighted by atomic mass is 32.2. The Morgan fingerprint density at radius 1 is 1.15 bits per heavy atom. The quantitative estimate of drug-likeness (QED) is 0.442. The Labute approximate surface area is 152 Å². The molecular weight excluding hydrogens is 353 g/mol. The molecule has 2 aromatic carbocycles. The standard InChI is InChI=1S/C18H14FN5OS/c1-11-20-17-14-4-2-3-5-15(14)22-18(24(17)23-11)26-10-16(25)21-13-8-6-12(19)7-9-13/h2-9H,10H2,1H3,(H,21,25). The molecule has 0 spiro atoms. The third-order valence-corrected chi connectivity index (χ3v) is 4.64. The van der Waals surface area contributed by atoms with Gasteiger partial charge in [0.2, 0.25) is 5.91 Å². The van der Waals surface area contributed by atoms with E-state index in [1.54, 1.807) is 4.52 Å². The van der Waals surface area contributed by atoms with Gasteiger partial charge in [-0.1, -0.05) is 23.9 Å². The van der Waals surface area contributed by atoms with Crippen LogP contribution in [0.2, 0.25) is 0 Å². The number of aryl methyl sites for hydroxylation is 1. The lowest BCUT2D eigenvalue weighted by Gasteiger charge is -2.07. The van der Waals surface area contributed by atoms with Crippen LogP contribution in [0.25, 0.3) is 16.6 Å². The maximum absolute atomic E-state index is 12.9. The Hall–Kier alpha value is -3.00. The first kappa shape index (κ1) is 16.5.